The second kappa shape index (κ2) is 14.0. The van der Waals surface area contributed by atoms with Crippen LogP contribution in [-0.2, 0) is 4.79 Å². The molecule has 1 aliphatic heterocycles. The highest BCUT2D eigenvalue weighted by molar-refractivity contribution is 9.10. The van der Waals surface area contributed by atoms with Crippen LogP contribution in [0.3, 0.4) is 0 Å². The van der Waals surface area contributed by atoms with Gasteiger partial charge in [0.15, 0.2) is 5.65 Å². The molecule has 5 aromatic rings. The average Bonchev–Trinajstić information content (AvgIpc) is 3.56. The summed E-state index contributed by atoms with van der Waals surface area (Å²) in [4.78, 5) is 54.6. The summed E-state index contributed by atoms with van der Waals surface area (Å²) >= 11 is 4.77. The Morgan fingerprint density at radius 3 is 2.56 bits per heavy atom. The number of nitrogens with zero attached hydrogens (tertiary/aromatic N) is 4. The fourth-order valence-electron chi connectivity index (χ4n) is 5.55. The molecule has 48 heavy (non-hydrogen) atoms. The Labute approximate surface area is 289 Å². The quantitative estimate of drug-likeness (QED) is 0.116. The van der Waals surface area contributed by atoms with Gasteiger partial charge in [0.25, 0.3) is 5.91 Å². The van der Waals surface area contributed by atoms with Crippen LogP contribution in [0.4, 0.5) is 22.9 Å². The molecule has 0 spiro atoms. The Bertz CT molecular complexity index is 2060. The number of aromatic nitrogens is 3. The zero-order valence-electron chi connectivity index (χ0n) is 26.1. The fraction of sp³-hybridized carbons (Fsp3) is 0.200. The summed E-state index contributed by atoms with van der Waals surface area (Å²) in [6, 6.07) is 20.8. The lowest BCUT2D eigenvalue weighted by Crippen LogP contribution is -2.36. The highest BCUT2D eigenvalue weighted by Gasteiger charge is 2.32. The number of primary amides is 1. The molecule has 0 saturated carbocycles. The molecular formula is C35H32BrN7O4S. The maximum Gasteiger partial charge on any atom is 0.326 e. The summed E-state index contributed by atoms with van der Waals surface area (Å²) in [5.41, 5.74) is 9.63. The van der Waals surface area contributed by atoms with Crippen LogP contribution in [0.1, 0.15) is 59.0 Å². The first-order valence-electron chi connectivity index (χ1n) is 15.3. The Kier molecular flexibility index (Phi) is 9.60. The smallest absolute Gasteiger partial charge is 0.326 e. The molecule has 3 aromatic carbocycles. The van der Waals surface area contributed by atoms with E-state index in [1.54, 1.807) is 42.5 Å². The van der Waals surface area contributed by atoms with E-state index in [2.05, 4.69) is 50.4 Å². The molecule has 0 aliphatic carbocycles. The van der Waals surface area contributed by atoms with Crippen LogP contribution in [0.15, 0.2) is 93.4 Å². The lowest BCUT2D eigenvalue weighted by Gasteiger charge is -2.26. The maximum absolute atomic E-state index is 13.5. The predicted molar refractivity (Wildman–Crippen MR) is 190 cm³/mol. The number of anilines is 4. The normalized spacial score (nSPS) is 14.3. The van der Waals surface area contributed by atoms with Crippen LogP contribution in [0.25, 0.3) is 11.0 Å². The van der Waals surface area contributed by atoms with Gasteiger partial charge in [-0.2, -0.15) is 0 Å². The van der Waals surface area contributed by atoms with Crippen LogP contribution in [0.5, 0.6) is 0 Å². The molecule has 2 amide bonds. The number of nitrogens with one attached hydrogen (secondary N) is 2. The number of carbonyl (C=O) groups is 3. The Balaban J connectivity index is 1.43. The minimum Gasteiger partial charge on any atom is -0.480 e. The number of nitrogens with two attached hydrogens (primary N) is 1. The number of halogens is 1. The molecule has 1 saturated heterocycles. The number of pyridine rings is 1. The van der Waals surface area contributed by atoms with E-state index < -0.39 is 17.9 Å². The summed E-state index contributed by atoms with van der Waals surface area (Å²) in [6.45, 7) is 4.68. The lowest BCUT2D eigenvalue weighted by molar-refractivity contribution is -0.138. The van der Waals surface area contributed by atoms with Crippen molar-refractivity contribution in [2.75, 3.05) is 22.1 Å². The molecule has 2 aromatic heterocycles. The van der Waals surface area contributed by atoms with Gasteiger partial charge < -0.3 is 26.4 Å². The van der Waals surface area contributed by atoms with Gasteiger partial charge in [-0.15, -0.1) is 0 Å². The molecule has 3 heterocycles. The van der Waals surface area contributed by atoms with Gasteiger partial charge in [0.2, 0.25) is 5.91 Å². The first kappa shape index (κ1) is 32.9. The number of aliphatic carboxylic acids is 1. The van der Waals surface area contributed by atoms with Crippen molar-refractivity contribution in [3.63, 3.8) is 0 Å². The molecule has 244 valence electrons. The van der Waals surface area contributed by atoms with E-state index in [0.717, 1.165) is 16.6 Å². The number of rotatable bonds is 10. The van der Waals surface area contributed by atoms with E-state index in [0.29, 0.717) is 67.8 Å². The Morgan fingerprint density at radius 1 is 1.00 bits per heavy atom. The number of carboxylic acids is 1. The number of carboxylic acid groups (broad SMARTS) is 1. The Hall–Kier alpha value is -5.01. The van der Waals surface area contributed by atoms with Crippen molar-refractivity contribution < 1.29 is 19.5 Å². The highest BCUT2D eigenvalue weighted by Crippen LogP contribution is 2.43. The molecule has 11 nitrogen and oxygen atoms in total. The largest absolute Gasteiger partial charge is 0.480 e. The second-order valence-corrected chi connectivity index (χ2v) is 13.6. The van der Waals surface area contributed by atoms with Crippen LogP contribution >= 0.6 is 27.7 Å². The SMILES string of the molecule is CC(C)c1ccc2c(Nc3cc(C(=O)Nc4cccc(Br)c4)ccc3Sc3cc(C(N)=O)ccc3N3CCCC3C(=O)O)ncnc2n1. The summed E-state index contributed by atoms with van der Waals surface area (Å²) < 4.78 is 0.830. The van der Waals surface area contributed by atoms with Gasteiger partial charge in [-0.25, -0.2) is 19.7 Å². The topological polar surface area (TPSA) is 163 Å². The molecule has 5 N–H and O–H groups in total. The van der Waals surface area contributed by atoms with Crippen molar-refractivity contribution >= 4 is 79.4 Å². The molecule has 1 unspecified atom stereocenters. The van der Waals surface area contributed by atoms with Crippen molar-refractivity contribution in [1.82, 2.24) is 15.0 Å². The minimum absolute atomic E-state index is 0.214. The van der Waals surface area contributed by atoms with Gasteiger partial charge >= 0.3 is 5.97 Å². The van der Waals surface area contributed by atoms with E-state index in [4.69, 9.17) is 10.7 Å². The average molecular weight is 727 g/mol. The molecule has 6 rings (SSSR count). The highest BCUT2D eigenvalue weighted by atomic mass is 79.9. The molecular weight excluding hydrogens is 694 g/mol. The van der Waals surface area contributed by atoms with E-state index in [1.165, 1.54) is 18.1 Å². The second-order valence-electron chi connectivity index (χ2n) is 11.6. The van der Waals surface area contributed by atoms with Crippen molar-refractivity contribution in [3.05, 3.63) is 100 Å². The summed E-state index contributed by atoms with van der Waals surface area (Å²) in [6.07, 6.45) is 2.67. The van der Waals surface area contributed by atoms with E-state index >= 15 is 0 Å². The van der Waals surface area contributed by atoms with Crippen LogP contribution in [0.2, 0.25) is 0 Å². The number of carbonyl (C=O) groups excluding carboxylic acids is 2. The van der Waals surface area contributed by atoms with Crippen molar-refractivity contribution in [1.29, 1.82) is 0 Å². The lowest BCUT2D eigenvalue weighted by atomic mass is 10.1. The fourth-order valence-corrected chi connectivity index (χ4v) is 7.02. The first-order chi connectivity index (χ1) is 23.1. The molecule has 1 aliphatic rings. The van der Waals surface area contributed by atoms with E-state index in [9.17, 15) is 19.5 Å². The third-order valence-electron chi connectivity index (χ3n) is 8.00. The van der Waals surface area contributed by atoms with Crippen molar-refractivity contribution in [3.8, 4) is 0 Å². The van der Waals surface area contributed by atoms with Gasteiger partial charge in [-0.3, -0.25) is 9.59 Å². The molecule has 13 heteroatoms. The molecule has 0 radical (unpaired) electrons. The van der Waals surface area contributed by atoms with Crippen LogP contribution in [-0.4, -0.2) is 50.4 Å². The Morgan fingerprint density at radius 2 is 1.81 bits per heavy atom. The number of hydrogen-bond donors (Lipinski definition) is 4. The summed E-state index contributed by atoms with van der Waals surface area (Å²) in [7, 11) is 0. The zero-order chi connectivity index (χ0) is 33.9. The van der Waals surface area contributed by atoms with Crippen LogP contribution < -0.4 is 21.3 Å². The number of benzene rings is 3. The maximum atomic E-state index is 13.5. The number of fused-ring (bicyclic) bond motifs is 1. The molecule has 1 atom stereocenters. The van der Waals surface area contributed by atoms with Gasteiger partial charge in [-0.1, -0.05) is 47.6 Å². The van der Waals surface area contributed by atoms with Gasteiger partial charge in [0, 0.05) is 43.3 Å². The van der Waals surface area contributed by atoms with Crippen molar-refractivity contribution in [2.24, 2.45) is 5.73 Å². The van der Waals surface area contributed by atoms with Gasteiger partial charge in [0.1, 0.15) is 18.2 Å². The summed E-state index contributed by atoms with van der Waals surface area (Å²) in [5, 5.41) is 17.0. The van der Waals surface area contributed by atoms with Crippen molar-refractivity contribution in [2.45, 2.75) is 48.4 Å². The van der Waals surface area contributed by atoms with Gasteiger partial charge in [-0.05, 0) is 85.5 Å². The predicted octanol–water partition coefficient (Wildman–Crippen LogP) is 7.21. The molecule has 0 bridgehead atoms. The monoisotopic (exact) mass is 725 g/mol. The minimum atomic E-state index is -0.907. The van der Waals surface area contributed by atoms with Gasteiger partial charge in [0.05, 0.1) is 16.8 Å². The molecule has 1 fully saturated rings. The van der Waals surface area contributed by atoms with E-state index in [1.807, 2.05) is 35.2 Å². The standard InChI is InChI=1S/C35H32BrN7O4S/c1-19(2)25-11-10-24-32(41-25)38-18-39-33(24)42-26-15-21(34(45)40-23-6-3-5-22(36)17-23)9-13-29(26)48-30-16-20(31(37)44)8-12-27(30)43-14-4-7-28(43)35(46)47/h3,5-6,8-13,15-19,28H,4,7,14H2,1-2H3,(H2,37,44)(H,40,45)(H,46,47)(H,38,39,41,42). The van der Waals surface area contributed by atoms with E-state index in [-0.39, 0.29) is 11.8 Å². The first-order valence-corrected chi connectivity index (χ1v) is 16.9. The third kappa shape index (κ3) is 7.11. The number of hydrogen-bond acceptors (Lipinski definition) is 9. The number of amides is 2. The van der Waals surface area contributed by atoms with Crippen LogP contribution in [0, 0.1) is 0 Å². The summed E-state index contributed by atoms with van der Waals surface area (Å²) in [5.74, 6) is -1.12. The third-order valence-corrected chi connectivity index (χ3v) is 9.62. The zero-order valence-corrected chi connectivity index (χ0v) is 28.5.